The first-order valence-corrected chi connectivity index (χ1v) is 5.63. The van der Waals surface area contributed by atoms with Crippen LogP contribution in [0.2, 0.25) is 0 Å². The third-order valence-corrected chi connectivity index (χ3v) is 2.88. The number of halogens is 1. The molecule has 1 aliphatic heterocycles. The van der Waals surface area contributed by atoms with Gasteiger partial charge < -0.3 is 10.1 Å². The van der Waals surface area contributed by atoms with Crippen molar-refractivity contribution in [2.45, 2.75) is 19.1 Å². The molecule has 80 valence electrons. The highest BCUT2D eigenvalue weighted by Gasteiger charge is 2.31. The van der Waals surface area contributed by atoms with E-state index in [0.717, 1.165) is 10.0 Å². The summed E-state index contributed by atoms with van der Waals surface area (Å²) in [7, 11) is 0. The number of benzene rings is 1. The number of hydrogen-bond donors (Lipinski definition) is 1. The molecule has 2 atom stereocenters. The number of epoxide rings is 1. The van der Waals surface area contributed by atoms with Crippen molar-refractivity contribution in [1.29, 1.82) is 0 Å². The van der Waals surface area contributed by atoms with E-state index in [0.29, 0.717) is 6.61 Å². The molecule has 0 aromatic heterocycles. The van der Waals surface area contributed by atoms with Gasteiger partial charge in [-0.1, -0.05) is 28.1 Å². The molecule has 15 heavy (non-hydrogen) atoms. The van der Waals surface area contributed by atoms with Crippen LogP contribution in [0.5, 0.6) is 0 Å². The average Bonchev–Trinajstić information content (AvgIpc) is 3.01. The summed E-state index contributed by atoms with van der Waals surface area (Å²) >= 11 is 3.37. The molecule has 1 aliphatic rings. The third kappa shape index (κ3) is 2.79. The zero-order chi connectivity index (χ0) is 10.8. The lowest BCUT2D eigenvalue weighted by Crippen LogP contribution is -2.30. The highest BCUT2D eigenvalue weighted by Crippen LogP contribution is 2.17. The van der Waals surface area contributed by atoms with E-state index >= 15 is 0 Å². The zero-order valence-electron chi connectivity index (χ0n) is 8.37. The summed E-state index contributed by atoms with van der Waals surface area (Å²) in [6.45, 7) is 2.52. The molecule has 0 spiro atoms. The van der Waals surface area contributed by atoms with Crippen LogP contribution < -0.4 is 5.32 Å². The van der Waals surface area contributed by atoms with E-state index < -0.39 is 0 Å². The number of hydrogen-bond acceptors (Lipinski definition) is 2. The highest BCUT2D eigenvalue weighted by molar-refractivity contribution is 9.10. The van der Waals surface area contributed by atoms with E-state index in [9.17, 15) is 4.79 Å². The molecule has 1 heterocycles. The Labute approximate surface area is 96.9 Å². The Morgan fingerprint density at radius 1 is 1.53 bits per heavy atom. The molecule has 3 nitrogen and oxygen atoms in total. The fourth-order valence-corrected chi connectivity index (χ4v) is 1.60. The minimum Gasteiger partial charge on any atom is -0.363 e. The standard InChI is InChI=1S/C11H12BrNO2/c1-7(13-11(14)10-6-15-10)8-2-4-9(12)5-3-8/h2-5,7,10H,6H2,1H3,(H,13,14). The largest absolute Gasteiger partial charge is 0.363 e. The molecule has 1 aromatic carbocycles. The second-order valence-electron chi connectivity index (χ2n) is 3.60. The van der Waals surface area contributed by atoms with Crippen LogP contribution in [0.3, 0.4) is 0 Å². The lowest BCUT2D eigenvalue weighted by molar-refractivity contribution is -0.122. The lowest BCUT2D eigenvalue weighted by atomic mass is 10.1. The molecule has 1 amide bonds. The van der Waals surface area contributed by atoms with E-state index in [1.807, 2.05) is 31.2 Å². The van der Waals surface area contributed by atoms with Gasteiger partial charge in [0.15, 0.2) is 6.10 Å². The molecule has 0 radical (unpaired) electrons. The molecule has 0 bridgehead atoms. The van der Waals surface area contributed by atoms with Gasteiger partial charge in [0, 0.05) is 4.47 Å². The normalized spacial score (nSPS) is 20.8. The van der Waals surface area contributed by atoms with Crippen LogP contribution in [0.4, 0.5) is 0 Å². The van der Waals surface area contributed by atoms with Gasteiger partial charge in [-0.3, -0.25) is 4.79 Å². The molecule has 4 heteroatoms. The number of amides is 1. The van der Waals surface area contributed by atoms with Gasteiger partial charge >= 0.3 is 0 Å². The monoisotopic (exact) mass is 269 g/mol. The first-order chi connectivity index (χ1) is 7.16. The first-order valence-electron chi connectivity index (χ1n) is 4.84. The van der Waals surface area contributed by atoms with Crippen LogP contribution in [0.25, 0.3) is 0 Å². The van der Waals surface area contributed by atoms with Gasteiger partial charge in [-0.25, -0.2) is 0 Å². The van der Waals surface area contributed by atoms with Crippen LogP contribution >= 0.6 is 15.9 Å². The van der Waals surface area contributed by atoms with Crippen LogP contribution in [0.15, 0.2) is 28.7 Å². The van der Waals surface area contributed by atoms with Crippen molar-refractivity contribution in [1.82, 2.24) is 5.32 Å². The van der Waals surface area contributed by atoms with Gasteiger partial charge in [-0.05, 0) is 24.6 Å². The fraction of sp³-hybridized carbons (Fsp3) is 0.364. The van der Waals surface area contributed by atoms with Crippen molar-refractivity contribution < 1.29 is 9.53 Å². The van der Waals surface area contributed by atoms with Gasteiger partial charge in [-0.15, -0.1) is 0 Å². The second-order valence-corrected chi connectivity index (χ2v) is 4.52. The lowest BCUT2D eigenvalue weighted by Gasteiger charge is -2.13. The van der Waals surface area contributed by atoms with Gasteiger partial charge in [0.05, 0.1) is 12.6 Å². The van der Waals surface area contributed by atoms with Crippen LogP contribution in [0, 0.1) is 0 Å². The van der Waals surface area contributed by atoms with E-state index in [2.05, 4.69) is 21.2 Å². The molecule has 0 saturated carbocycles. The Morgan fingerprint density at radius 3 is 2.67 bits per heavy atom. The maximum absolute atomic E-state index is 11.4. The Kier molecular flexibility index (Phi) is 3.07. The zero-order valence-corrected chi connectivity index (χ0v) is 9.95. The van der Waals surface area contributed by atoms with Gasteiger partial charge in [-0.2, -0.15) is 0 Å². The van der Waals surface area contributed by atoms with Crippen LogP contribution in [-0.2, 0) is 9.53 Å². The molecule has 2 rings (SSSR count). The van der Waals surface area contributed by atoms with E-state index in [-0.39, 0.29) is 18.1 Å². The predicted octanol–water partition coefficient (Wildman–Crippen LogP) is 2.03. The summed E-state index contributed by atoms with van der Waals surface area (Å²) in [5, 5.41) is 2.90. The molecule has 1 aromatic rings. The average molecular weight is 270 g/mol. The maximum atomic E-state index is 11.4. The molecule has 0 aliphatic carbocycles. The Bertz CT molecular complexity index is 359. The first kappa shape index (κ1) is 10.6. The topological polar surface area (TPSA) is 41.6 Å². The summed E-state index contributed by atoms with van der Waals surface area (Å²) in [5.41, 5.74) is 1.09. The summed E-state index contributed by atoms with van der Waals surface area (Å²) in [5.74, 6) is -0.0228. The van der Waals surface area contributed by atoms with Crippen molar-refractivity contribution in [2.24, 2.45) is 0 Å². The van der Waals surface area contributed by atoms with Crippen LogP contribution in [-0.4, -0.2) is 18.6 Å². The molecule has 1 N–H and O–H groups in total. The molecule has 2 unspecified atom stereocenters. The third-order valence-electron chi connectivity index (χ3n) is 2.35. The molecule has 1 saturated heterocycles. The minimum atomic E-state index is -0.220. The number of nitrogens with one attached hydrogen (secondary N) is 1. The quantitative estimate of drug-likeness (QED) is 0.854. The van der Waals surface area contributed by atoms with Crippen molar-refractivity contribution in [3.8, 4) is 0 Å². The smallest absolute Gasteiger partial charge is 0.252 e. The molecular formula is C11H12BrNO2. The Hall–Kier alpha value is -0.870. The number of ether oxygens (including phenoxy) is 1. The number of carbonyl (C=O) groups is 1. The van der Waals surface area contributed by atoms with E-state index in [1.165, 1.54) is 0 Å². The summed E-state index contributed by atoms with van der Waals surface area (Å²) in [6.07, 6.45) is -0.220. The summed E-state index contributed by atoms with van der Waals surface area (Å²) in [4.78, 5) is 11.4. The van der Waals surface area contributed by atoms with E-state index in [1.54, 1.807) is 0 Å². The fourth-order valence-electron chi connectivity index (χ4n) is 1.34. The number of rotatable bonds is 3. The summed E-state index contributed by atoms with van der Waals surface area (Å²) in [6, 6.07) is 7.93. The van der Waals surface area contributed by atoms with Gasteiger partial charge in [0.25, 0.3) is 5.91 Å². The Balaban J connectivity index is 1.97. The van der Waals surface area contributed by atoms with Gasteiger partial charge in [0.2, 0.25) is 0 Å². The molecule has 1 fully saturated rings. The minimum absolute atomic E-state index is 0.0228. The molecular weight excluding hydrogens is 258 g/mol. The van der Waals surface area contributed by atoms with Crippen molar-refractivity contribution in [2.75, 3.05) is 6.61 Å². The maximum Gasteiger partial charge on any atom is 0.252 e. The predicted molar refractivity (Wildman–Crippen MR) is 60.4 cm³/mol. The van der Waals surface area contributed by atoms with Crippen molar-refractivity contribution >= 4 is 21.8 Å². The van der Waals surface area contributed by atoms with E-state index in [4.69, 9.17) is 4.74 Å². The van der Waals surface area contributed by atoms with Gasteiger partial charge in [0.1, 0.15) is 0 Å². The Morgan fingerprint density at radius 2 is 2.13 bits per heavy atom. The second kappa shape index (κ2) is 4.33. The number of carbonyl (C=O) groups excluding carboxylic acids is 1. The van der Waals surface area contributed by atoms with Crippen molar-refractivity contribution in [3.63, 3.8) is 0 Å². The van der Waals surface area contributed by atoms with Crippen LogP contribution in [0.1, 0.15) is 18.5 Å². The van der Waals surface area contributed by atoms with Crippen molar-refractivity contribution in [3.05, 3.63) is 34.3 Å². The highest BCUT2D eigenvalue weighted by atomic mass is 79.9. The SMILES string of the molecule is CC(NC(=O)C1CO1)c1ccc(Br)cc1. The summed E-state index contributed by atoms with van der Waals surface area (Å²) < 4.78 is 5.94.